The zero-order valence-electron chi connectivity index (χ0n) is 16.4. The first-order valence-corrected chi connectivity index (χ1v) is 10.1. The van der Waals surface area contributed by atoms with Crippen LogP contribution in [0.2, 0.25) is 0 Å². The molecule has 1 N–H and O–H groups in total. The lowest BCUT2D eigenvalue weighted by molar-refractivity contribution is -0.140. The molecule has 4 nitrogen and oxygen atoms in total. The van der Waals surface area contributed by atoms with Crippen molar-refractivity contribution in [3.05, 3.63) is 69.9 Å². The summed E-state index contributed by atoms with van der Waals surface area (Å²) < 4.78 is 14.9. The molecule has 0 aliphatic carbocycles. The van der Waals surface area contributed by atoms with Gasteiger partial charge < -0.3 is 10.2 Å². The number of hydrogen-bond acceptors (Lipinski definition) is 2. The Labute approximate surface area is 174 Å². The number of amides is 2. The summed E-state index contributed by atoms with van der Waals surface area (Å²) >= 11 is 3.39. The molecule has 150 valence electrons. The summed E-state index contributed by atoms with van der Waals surface area (Å²) in [6.45, 7) is 6.53. The molecule has 0 spiro atoms. The molecule has 0 saturated carbocycles. The third-order valence-electron chi connectivity index (χ3n) is 4.42. The third-order valence-corrected chi connectivity index (χ3v) is 4.95. The Morgan fingerprint density at radius 1 is 1.07 bits per heavy atom. The average molecular weight is 449 g/mol. The Balaban J connectivity index is 2.21. The number of nitrogens with one attached hydrogen (secondary N) is 1. The van der Waals surface area contributed by atoms with Crippen molar-refractivity contribution in [3.63, 3.8) is 0 Å². The first-order chi connectivity index (χ1) is 13.3. The van der Waals surface area contributed by atoms with E-state index in [1.807, 2.05) is 38.1 Å². The molecule has 0 heterocycles. The van der Waals surface area contributed by atoms with Gasteiger partial charge in [-0.2, -0.15) is 0 Å². The van der Waals surface area contributed by atoms with Gasteiger partial charge in [-0.1, -0.05) is 60.1 Å². The van der Waals surface area contributed by atoms with E-state index in [1.54, 1.807) is 25.1 Å². The number of carbonyl (C=O) groups is 2. The number of halogens is 2. The molecule has 0 aromatic heterocycles. The van der Waals surface area contributed by atoms with E-state index in [1.165, 1.54) is 11.0 Å². The summed E-state index contributed by atoms with van der Waals surface area (Å²) in [6.07, 6.45) is -0.0923. The number of rotatable bonds is 8. The van der Waals surface area contributed by atoms with E-state index >= 15 is 0 Å². The fraction of sp³-hybridized carbons (Fsp3) is 0.364. The zero-order chi connectivity index (χ0) is 20.7. The minimum atomic E-state index is -0.665. The van der Waals surface area contributed by atoms with Crippen molar-refractivity contribution in [2.45, 2.75) is 39.8 Å². The van der Waals surface area contributed by atoms with Gasteiger partial charge in [0, 0.05) is 17.6 Å². The topological polar surface area (TPSA) is 49.4 Å². The van der Waals surface area contributed by atoms with Crippen LogP contribution in [0.25, 0.3) is 0 Å². The Hall–Kier alpha value is -2.21. The van der Waals surface area contributed by atoms with Crippen molar-refractivity contribution in [1.29, 1.82) is 0 Å². The summed E-state index contributed by atoms with van der Waals surface area (Å²) in [5.41, 5.74) is 1.22. The fourth-order valence-electron chi connectivity index (χ4n) is 2.73. The maximum absolute atomic E-state index is 14.0. The predicted octanol–water partition coefficient (Wildman–Crippen LogP) is 4.32. The van der Waals surface area contributed by atoms with Gasteiger partial charge >= 0.3 is 0 Å². The molecule has 2 aromatic carbocycles. The second kappa shape index (κ2) is 10.4. The lowest BCUT2D eigenvalue weighted by atomic mass is 10.1. The van der Waals surface area contributed by atoms with Crippen LogP contribution in [0.15, 0.2) is 53.0 Å². The quantitative estimate of drug-likeness (QED) is 0.653. The number of nitrogens with zero attached hydrogens (tertiary/aromatic N) is 1. The van der Waals surface area contributed by atoms with Crippen molar-refractivity contribution in [1.82, 2.24) is 10.2 Å². The Kier molecular flexibility index (Phi) is 8.18. The smallest absolute Gasteiger partial charge is 0.242 e. The number of carbonyl (C=O) groups excluding carboxylic acids is 2. The van der Waals surface area contributed by atoms with Crippen LogP contribution >= 0.6 is 15.9 Å². The molecule has 2 aromatic rings. The van der Waals surface area contributed by atoms with Crippen molar-refractivity contribution in [2.24, 2.45) is 5.92 Å². The molecule has 28 heavy (non-hydrogen) atoms. The second-order valence-corrected chi connectivity index (χ2v) is 8.15. The van der Waals surface area contributed by atoms with Crippen LogP contribution in [0.4, 0.5) is 4.39 Å². The van der Waals surface area contributed by atoms with E-state index in [0.29, 0.717) is 18.0 Å². The molecule has 0 aliphatic heterocycles. The second-order valence-electron chi connectivity index (χ2n) is 7.23. The monoisotopic (exact) mass is 448 g/mol. The molecule has 0 aliphatic rings. The van der Waals surface area contributed by atoms with E-state index in [0.717, 1.165) is 10.0 Å². The van der Waals surface area contributed by atoms with E-state index in [-0.39, 0.29) is 24.8 Å². The molecule has 1 atom stereocenters. The van der Waals surface area contributed by atoms with Crippen molar-refractivity contribution in [2.75, 3.05) is 6.54 Å². The molecule has 2 rings (SSSR count). The Bertz CT molecular complexity index is 808. The maximum atomic E-state index is 14.0. The maximum Gasteiger partial charge on any atom is 0.242 e. The summed E-state index contributed by atoms with van der Waals surface area (Å²) in [4.78, 5) is 27.1. The summed E-state index contributed by atoms with van der Waals surface area (Å²) in [6, 6.07) is 13.1. The molecule has 0 fully saturated rings. The highest BCUT2D eigenvalue weighted by Crippen LogP contribution is 2.16. The van der Waals surface area contributed by atoms with E-state index in [9.17, 15) is 14.0 Å². The molecular formula is C22H26BrFN2O2. The number of hydrogen-bond donors (Lipinski definition) is 1. The largest absolute Gasteiger partial charge is 0.354 e. The molecule has 1 unspecified atom stereocenters. The molecule has 0 radical (unpaired) electrons. The standard InChI is InChI=1S/C22H26BrFN2O2/c1-15(2)13-25-22(28)16(3)26(14-17-8-10-19(23)11-9-17)21(27)12-18-6-4-5-7-20(18)24/h4-11,15-16H,12-14H2,1-3H3,(H,25,28). The van der Waals surface area contributed by atoms with Crippen LogP contribution < -0.4 is 5.32 Å². The molecule has 0 bridgehead atoms. The van der Waals surface area contributed by atoms with Crippen LogP contribution in [-0.4, -0.2) is 29.3 Å². The average Bonchev–Trinajstić information content (AvgIpc) is 2.66. The minimum absolute atomic E-state index is 0.0923. The van der Waals surface area contributed by atoms with E-state index < -0.39 is 11.9 Å². The molecular weight excluding hydrogens is 423 g/mol. The Morgan fingerprint density at radius 2 is 1.71 bits per heavy atom. The molecule has 2 amide bonds. The minimum Gasteiger partial charge on any atom is -0.354 e. The van der Waals surface area contributed by atoms with Crippen molar-refractivity contribution in [3.8, 4) is 0 Å². The van der Waals surface area contributed by atoms with Gasteiger partial charge in [-0.25, -0.2) is 4.39 Å². The van der Waals surface area contributed by atoms with Crippen LogP contribution in [0, 0.1) is 11.7 Å². The first-order valence-electron chi connectivity index (χ1n) is 9.33. The van der Waals surface area contributed by atoms with Gasteiger partial charge in [-0.15, -0.1) is 0 Å². The summed E-state index contributed by atoms with van der Waals surface area (Å²) in [5, 5.41) is 2.87. The molecule has 0 saturated heterocycles. The van der Waals surface area contributed by atoms with E-state index in [2.05, 4.69) is 21.2 Å². The van der Waals surface area contributed by atoms with Gasteiger partial charge in [-0.3, -0.25) is 9.59 Å². The zero-order valence-corrected chi connectivity index (χ0v) is 18.0. The fourth-order valence-corrected chi connectivity index (χ4v) is 2.99. The van der Waals surface area contributed by atoms with Crippen molar-refractivity contribution < 1.29 is 14.0 Å². The van der Waals surface area contributed by atoms with Crippen LogP contribution in [-0.2, 0) is 22.6 Å². The highest BCUT2D eigenvalue weighted by molar-refractivity contribution is 9.10. The van der Waals surface area contributed by atoms with Gasteiger partial charge in [0.1, 0.15) is 11.9 Å². The van der Waals surface area contributed by atoms with Gasteiger partial charge in [0.05, 0.1) is 6.42 Å². The van der Waals surface area contributed by atoms with Crippen molar-refractivity contribution >= 4 is 27.7 Å². The van der Waals surface area contributed by atoms with E-state index in [4.69, 9.17) is 0 Å². The van der Waals surface area contributed by atoms with Gasteiger partial charge in [0.15, 0.2) is 0 Å². The highest BCUT2D eigenvalue weighted by atomic mass is 79.9. The summed E-state index contributed by atoms with van der Waals surface area (Å²) in [7, 11) is 0. The van der Waals surface area contributed by atoms with Gasteiger partial charge in [-0.05, 0) is 42.2 Å². The third kappa shape index (κ3) is 6.44. The molecule has 6 heteroatoms. The normalized spacial score (nSPS) is 11.9. The van der Waals surface area contributed by atoms with Gasteiger partial charge in [0.2, 0.25) is 11.8 Å². The Morgan fingerprint density at radius 3 is 2.32 bits per heavy atom. The lowest BCUT2D eigenvalue weighted by Crippen LogP contribution is -2.48. The van der Waals surface area contributed by atoms with Gasteiger partial charge in [0.25, 0.3) is 0 Å². The van der Waals surface area contributed by atoms with Crippen LogP contribution in [0.3, 0.4) is 0 Å². The van der Waals surface area contributed by atoms with Crippen LogP contribution in [0.1, 0.15) is 31.9 Å². The lowest BCUT2D eigenvalue weighted by Gasteiger charge is -2.29. The summed E-state index contributed by atoms with van der Waals surface area (Å²) in [5.74, 6) is -0.616. The SMILES string of the molecule is CC(C)CNC(=O)C(C)N(Cc1ccc(Br)cc1)C(=O)Cc1ccccc1F. The first kappa shape index (κ1) is 22.1. The van der Waals surface area contributed by atoms with Crippen LogP contribution in [0.5, 0.6) is 0 Å². The number of benzene rings is 2. The highest BCUT2D eigenvalue weighted by Gasteiger charge is 2.26. The predicted molar refractivity (Wildman–Crippen MR) is 112 cm³/mol.